The van der Waals surface area contributed by atoms with E-state index < -0.39 is 6.04 Å². The van der Waals surface area contributed by atoms with Crippen molar-refractivity contribution in [3.8, 4) is 11.5 Å². The second-order valence-corrected chi connectivity index (χ2v) is 7.67. The molecule has 0 bridgehead atoms. The quantitative estimate of drug-likeness (QED) is 0.676. The number of fused-ring (bicyclic) bond motifs is 3. The third kappa shape index (κ3) is 2.85. The predicted octanol–water partition coefficient (Wildman–Crippen LogP) is 2.88. The molecule has 2 amide bonds. The van der Waals surface area contributed by atoms with E-state index in [-0.39, 0.29) is 18.2 Å². The van der Waals surface area contributed by atoms with E-state index >= 15 is 0 Å². The molecular weight excluding hydrogens is 382 g/mol. The van der Waals surface area contributed by atoms with E-state index in [1.165, 1.54) is 23.0 Å². The zero-order valence-electron chi connectivity index (χ0n) is 17.0. The molecule has 2 aliphatic rings. The summed E-state index contributed by atoms with van der Waals surface area (Å²) in [5.41, 5.74) is 3.98. The van der Waals surface area contributed by atoms with Gasteiger partial charge in [-0.3, -0.25) is 14.5 Å². The Bertz CT molecular complexity index is 1150. The molecule has 1 N–H and O–H groups in total. The summed E-state index contributed by atoms with van der Waals surface area (Å²) in [6.45, 7) is 1.36. The number of anilines is 1. The largest absolute Gasteiger partial charge is 0.497 e. The number of ether oxygens (including phenoxy) is 2. The second-order valence-electron chi connectivity index (χ2n) is 7.67. The molecule has 1 aromatic heterocycles. The van der Waals surface area contributed by atoms with Crippen LogP contribution in [0.25, 0.3) is 10.9 Å². The van der Waals surface area contributed by atoms with Crippen molar-refractivity contribution in [2.75, 3.05) is 25.7 Å². The standard InChI is InChI=1S/C23H23N3O4/c1-29-14-7-8-21(30-2)19(11-14)26-22(27)12-20(23(26)28)25-10-9-16-15-5-3-4-6-17(15)24-18(16)13-25/h3-8,11,20,24H,9-10,12-13H2,1-2H3. The average Bonchev–Trinajstić information content (AvgIpc) is 3.29. The maximum atomic E-state index is 13.3. The molecule has 0 saturated carbocycles. The van der Waals surface area contributed by atoms with Crippen molar-refractivity contribution in [1.29, 1.82) is 0 Å². The van der Waals surface area contributed by atoms with Crippen molar-refractivity contribution in [2.45, 2.75) is 25.4 Å². The van der Waals surface area contributed by atoms with Crippen LogP contribution in [0.2, 0.25) is 0 Å². The van der Waals surface area contributed by atoms with Crippen LogP contribution in [0, 0.1) is 0 Å². The van der Waals surface area contributed by atoms with E-state index in [2.05, 4.69) is 22.0 Å². The average molecular weight is 405 g/mol. The van der Waals surface area contributed by atoms with Crippen LogP contribution in [-0.2, 0) is 22.6 Å². The summed E-state index contributed by atoms with van der Waals surface area (Å²) < 4.78 is 10.7. The number of rotatable bonds is 4. The van der Waals surface area contributed by atoms with Crippen LogP contribution in [0.4, 0.5) is 5.69 Å². The molecule has 1 unspecified atom stereocenters. The Labute approximate surface area is 174 Å². The van der Waals surface area contributed by atoms with Gasteiger partial charge in [-0.25, -0.2) is 4.90 Å². The zero-order valence-corrected chi connectivity index (χ0v) is 17.0. The fraction of sp³-hybridized carbons (Fsp3) is 0.304. The number of nitrogens with one attached hydrogen (secondary N) is 1. The molecule has 7 nitrogen and oxygen atoms in total. The number of imide groups is 1. The Balaban J connectivity index is 1.44. The zero-order chi connectivity index (χ0) is 20.8. The lowest BCUT2D eigenvalue weighted by Crippen LogP contribution is -2.44. The molecule has 0 radical (unpaired) electrons. The third-order valence-electron chi connectivity index (χ3n) is 6.10. The van der Waals surface area contributed by atoms with Crippen LogP contribution in [0.15, 0.2) is 42.5 Å². The van der Waals surface area contributed by atoms with Crippen LogP contribution >= 0.6 is 0 Å². The monoisotopic (exact) mass is 405 g/mol. The Morgan fingerprint density at radius 1 is 1.07 bits per heavy atom. The third-order valence-corrected chi connectivity index (χ3v) is 6.10. The molecule has 5 rings (SSSR count). The minimum Gasteiger partial charge on any atom is -0.497 e. The highest BCUT2D eigenvalue weighted by molar-refractivity contribution is 6.23. The number of para-hydroxylation sites is 1. The second kappa shape index (κ2) is 7.18. The molecular formula is C23H23N3O4. The Morgan fingerprint density at radius 3 is 2.70 bits per heavy atom. The molecule has 7 heteroatoms. The van der Waals surface area contributed by atoms with E-state index in [1.807, 2.05) is 12.1 Å². The lowest BCUT2D eigenvalue weighted by molar-refractivity contribution is -0.123. The van der Waals surface area contributed by atoms with E-state index in [0.29, 0.717) is 23.7 Å². The molecule has 1 fully saturated rings. The van der Waals surface area contributed by atoms with Gasteiger partial charge in [-0.15, -0.1) is 0 Å². The van der Waals surface area contributed by atoms with Gasteiger partial charge in [-0.1, -0.05) is 18.2 Å². The van der Waals surface area contributed by atoms with E-state index in [9.17, 15) is 9.59 Å². The first-order valence-corrected chi connectivity index (χ1v) is 10.0. The molecule has 2 aromatic carbocycles. The normalized spacial score (nSPS) is 19.4. The van der Waals surface area contributed by atoms with Crippen molar-refractivity contribution in [1.82, 2.24) is 9.88 Å². The molecule has 0 aliphatic carbocycles. The van der Waals surface area contributed by atoms with Gasteiger partial charge in [0.15, 0.2) is 0 Å². The van der Waals surface area contributed by atoms with Gasteiger partial charge in [0, 0.05) is 35.8 Å². The highest BCUT2D eigenvalue weighted by Gasteiger charge is 2.44. The predicted molar refractivity (Wildman–Crippen MR) is 113 cm³/mol. The summed E-state index contributed by atoms with van der Waals surface area (Å²) in [4.78, 5) is 33.0. The van der Waals surface area contributed by atoms with Crippen LogP contribution in [0.3, 0.4) is 0 Å². The summed E-state index contributed by atoms with van der Waals surface area (Å²) in [5, 5.41) is 1.24. The van der Waals surface area contributed by atoms with Crippen molar-refractivity contribution in [3.05, 3.63) is 53.7 Å². The summed E-state index contributed by atoms with van der Waals surface area (Å²) >= 11 is 0. The number of hydrogen-bond donors (Lipinski definition) is 1. The number of amides is 2. The Kier molecular flexibility index (Phi) is 4.47. The number of benzene rings is 2. The molecule has 1 saturated heterocycles. The fourth-order valence-corrected chi connectivity index (χ4v) is 4.61. The molecule has 3 heterocycles. The first-order chi connectivity index (χ1) is 14.6. The summed E-state index contributed by atoms with van der Waals surface area (Å²) in [7, 11) is 3.07. The molecule has 3 aromatic rings. The van der Waals surface area contributed by atoms with Gasteiger partial charge in [0.05, 0.1) is 32.4 Å². The van der Waals surface area contributed by atoms with Crippen LogP contribution < -0.4 is 14.4 Å². The fourth-order valence-electron chi connectivity index (χ4n) is 4.61. The summed E-state index contributed by atoms with van der Waals surface area (Å²) in [6.07, 6.45) is 1.01. The van der Waals surface area contributed by atoms with Gasteiger partial charge in [0.1, 0.15) is 11.5 Å². The number of carbonyl (C=O) groups is 2. The van der Waals surface area contributed by atoms with E-state index in [0.717, 1.165) is 24.2 Å². The van der Waals surface area contributed by atoms with Gasteiger partial charge in [-0.05, 0) is 30.2 Å². The van der Waals surface area contributed by atoms with Crippen molar-refractivity contribution < 1.29 is 19.1 Å². The molecule has 154 valence electrons. The lowest BCUT2D eigenvalue weighted by Gasteiger charge is -2.31. The van der Waals surface area contributed by atoms with Crippen LogP contribution in [-0.4, -0.2) is 48.5 Å². The molecule has 0 spiro atoms. The smallest absolute Gasteiger partial charge is 0.251 e. The maximum absolute atomic E-state index is 13.3. The lowest BCUT2D eigenvalue weighted by atomic mass is 10.0. The number of carbonyl (C=O) groups excluding carboxylic acids is 2. The van der Waals surface area contributed by atoms with Crippen LogP contribution in [0.5, 0.6) is 11.5 Å². The van der Waals surface area contributed by atoms with Crippen LogP contribution in [0.1, 0.15) is 17.7 Å². The van der Waals surface area contributed by atoms with Gasteiger partial charge >= 0.3 is 0 Å². The van der Waals surface area contributed by atoms with Crippen molar-refractivity contribution >= 4 is 28.4 Å². The number of methoxy groups -OCH3 is 2. The molecule has 2 aliphatic heterocycles. The summed E-state index contributed by atoms with van der Waals surface area (Å²) in [5.74, 6) is 0.593. The van der Waals surface area contributed by atoms with Crippen molar-refractivity contribution in [3.63, 3.8) is 0 Å². The van der Waals surface area contributed by atoms with Gasteiger partial charge in [0.25, 0.3) is 5.91 Å². The minimum absolute atomic E-state index is 0.161. The number of aromatic nitrogens is 1. The SMILES string of the molecule is COc1ccc(OC)c(N2C(=O)CC(N3CCc4c([nH]c5ccccc45)C3)C2=O)c1. The number of aromatic amines is 1. The molecule has 1 atom stereocenters. The highest BCUT2D eigenvalue weighted by atomic mass is 16.5. The highest BCUT2D eigenvalue weighted by Crippen LogP contribution is 2.37. The first-order valence-electron chi connectivity index (χ1n) is 10.0. The molecule has 30 heavy (non-hydrogen) atoms. The first kappa shape index (κ1) is 18.7. The van der Waals surface area contributed by atoms with Gasteiger partial charge < -0.3 is 14.5 Å². The number of hydrogen-bond acceptors (Lipinski definition) is 5. The van der Waals surface area contributed by atoms with Gasteiger partial charge in [0.2, 0.25) is 5.91 Å². The van der Waals surface area contributed by atoms with E-state index in [4.69, 9.17) is 9.47 Å². The maximum Gasteiger partial charge on any atom is 0.251 e. The Hall–Kier alpha value is -3.32. The van der Waals surface area contributed by atoms with E-state index in [1.54, 1.807) is 25.3 Å². The number of H-pyrrole nitrogens is 1. The summed E-state index contributed by atoms with van der Waals surface area (Å²) in [6, 6.07) is 12.9. The topological polar surface area (TPSA) is 74.9 Å². The minimum atomic E-state index is -0.479. The number of nitrogens with zero attached hydrogens (tertiary/aromatic N) is 2. The van der Waals surface area contributed by atoms with Crippen molar-refractivity contribution in [2.24, 2.45) is 0 Å². The Morgan fingerprint density at radius 2 is 1.90 bits per heavy atom. The van der Waals surface area contributed by atoms with Gasteiger partial charge in [-0.2, -0.15) is 0 Å².